The van der Waals surface area contributed by atoms with Crippen LogP contribution in [0.15, 0.2) is 49.1 Å². The lowest BCUT2D eigenvalue weighted by Crippen LogP contribution is -2.26. The maximum absolute atomic E-state index is 11.0. The van der Waals surface area contributed by atoms with Crippen LogP contribution in [0.3, 0.4) is 0 Å². The number of aliphatic hydroxyl groups is 2. The minimum Gasteiger partial charge on any atom is -0.493 e. The lowest BCUT2D eigenvalue weighted by atomic mass is 10.1. The van der Waals surface area contributed by atoms with Gasteiger partial charge in [0, 0.05) is 24.2 Å². The Morgan fingerprint density at radius 2 is 2.15 bits per heavy atom. The highest BCUT2D eigenvalue weighted by atomic mass is 16.5. The van der Waals surface area contributed by atoms with Gasteiger partial charge in [0.15, 0.2) is 11.9 Å². The molecule has 3 aromatic heterocycles. The van der Waals surface area contributed by atoms with Crippen LogP contribution in [0.4, 0.5) is 5.69 Å². The first-order valence-corrected chi connectivity index (χ1v) is 10.5. The molecule has 0 aliphatic rings. The van der Waals surface area contributed by atoms with Crippen molar-refractivity contribution in [1.29, 1.82) is 5.26 Å². The van der Waals surface area contributed by atoms with Crippen LogP contribution in [0, 0.1) is 11.3 Å². The number of nitrogens with zero attached hydrogens (tertiary/aromatic N) is 6. The second kappa shape index (κ2) is 8.90. The average molecular weight is 447 g/mol. The van der Waals surface area contributed by atoms with Crippen LogP contribution in [0.2, 0.25) is 0 Å². The number of rotatable bonds is 8. The highest BCUT2D eigenvalue weighted by molar-refractivity contribution is 5.79. The number of anilines is 1. The van der Waals surface area contributed by atoms with E-state index >= 15 is 0 Å². The Kier molecular flexibility index (Phi) is 6.00. The Morgan fingerprint density at radius 1 is 1.33 bits per heavy atom. The van der Waals surface area contributed by atoms with Gasteiger partial charge in [0.25, 0.3) is 0 Å². The molecule has 3 N–H and O–H groups in total. The van der Waals surface area contributed by atoms with Crippen LogP contribution in [0.25, 0.3) is 16.9 Å². The van der Waals surface area contributed by atoms with E-state index in [-0.39, 0.29) is 6.54 Å². The van der Waals surface area contributed by atoms with Gasteiger partial charge in [-0.1, -0.05) is 0 Å². The Balaban J connectivity index is 1.78. The topological polar surface area (TPSA) is 134 Å². The van der Waals surface area contributed by atoms with Gasteiger partial charge in [-0.15, -0.1) is 0 Å². The summed E-state index contributed by atoms with van der Waals surface area (Å²) in [6.07, 6.45) is 5.48. The number of aromatic nitrogens is 5. The largest absolute Gasteiger partial charge is 0.493 e. The third-order valence-electron chi connectivity index (χ3n) is 4.87. The highest BCUT2D eigenvalue weighted by Crippen LogP contribution is 2.36. The van der Waals surface area contributed by atoms with Crippen LogP contribution in [0.1, 0.15) is 38.1 Å². The average Bonchev–Trinajstić information content (AvgIpc) is 3.37. The number of fused-ring (bicyclic) bond motifs is 1. The SMILES string of the molecule is CCOc1ccc(C#N)cc1-c1nn(CC(C)(C)O)cc1NC(O)c1cnn2cccnc12. The first-order valence-electron chi connectivity index (χ1n) is 10.5. The second-order valence-electron chi connectivity index (χ2n) is 8.19. The summed E-state index contributed by atoms with van der Waals surface area (Å²) in [6.45, 7) is 5.89. The van der Waals surface area contributed by atoms with E-state index in [4.69, 9.17) is 4.74 Å². The number of benzene rings is 1. The van der Waals surface area contributed by atoms with Crippen LogP contribution >= 0.6 is 0 Å². The van der Waals surface area contributed by atoms with Gasteiger partial charge in [-0.3, -0.25) is 4.68 Å². The van der Waals surface area contributed by atoms with Gasteiger partial charge >= 0.3 is 0 Å². The van der Waals surface area contributed by atoms with Crippen molar-refractivity contribution in [1.82, 2.24) is 24.4 Å². The second-order valence-corrected chi connectivity index (χ2v) is 8.19. The molecule has 0 aliphatic carbocycles. The van der Waals surface area contributed by atoms with Crippen LogP contribution in [-0.2, 0) is 6.54 Å². The van der Waals surface area contributed by atoms with Crippen LogP contribution in [-0.4, -0.2) is 46.8 Å². The lowest BCUT2D eigenvalue weighted by Gasteiger charge is -2.16. The maximum atomic E-state index is 11.0. The van der Waals surface area contributed by atoms with Gasteiger partial charge in [-0.2, -0.15) is 15.5 Å². The summed E-state index contributed by atoms with van der Waals surface area (Å²) in [5.41, 5.74) is 2.02. The number of hydrogen-bond donors (Lipinski definition) is 3. The first kappa shape index (κ1) is 22.3. The van der Waals surface area contributed by atoms with Gasteiger partial charge in [0.2, 0.25) is 0 Å². The molecule has 0 radical (unpaired) electrons. The molecule has 4 rings (SSSR count). The first-order chi connectivity index (χ1) is 15.8. The molecular formula is C23H25N7O3. The van der Waals surface area contributed by atoms with Crippen molar-refractivity contribution in [3.05, 3.63) is 60.2 Å². The normalized spacial score (nSPS) is 12.5. The Labute approximate surface area is 190 Å². The summed E-state index contributed by atoms with van der Waals surface area (Å²) in [5.74, 6) is 0.556. The number of aliphatic hydroxyl groups excluding tert-OH is 1. The number of nitriles is 1. The van der Waals surface area contributed by atoms with Crippen molar-refractivity contribution in [2.75, 3.05) is 11.9 Å². The molecule has 0 spiro atoms. The Bertz CT molecular complexity index is 1310. The number of hydrogen-bond acceptors (Lipinski definition) is 8. The molecule has 0 aliphatic heterocycles. The fraction of sp³-hybridized carbons (Fsp3) is 0.304. The third kappa shape index (κ3) is 4.79. The molecule has 1 atom stereocenters. The Morgan fingerprint density at radius 3 is 2.88 bits per heavy atom. The fourth-order valence-corrected chi connectivity index (χ4v) is 3.53. The van der Waals surface area contributed by atoms with Crippen molar-refractivity contribution in [2.24, 2.45) is 0 Å². The predicted molar refractivity (Wildman–Crippen MR) is 121 cm³/mol. The van der Waals surface area contributed by atoms with E-state index in [2.05, 4.69) is 26.6 Å². The molecule has 10 nitrogen and oxygen atoms in total. The maximum Gasteiger partial charge on any atom is 0.162 e. The molecule has 0 amide bonds. The Hall–Kier alpha value is -3.94. The summed E-state index contributed by atoms with van der Waals surface area (Å²) in [6, 6.07) is 8.98. The third-order valence-corrected chi connectivity index (χ3v) is 4.87. The molecule has 10 heteroatoms. The summed E-state index contributed by atoms with van der Waals surface area (Å²) in [4.78, 5) is 4.29. The molecular weight excluding hydrogens is 422 g/mol. The van der Waals surface area contributed by atoms with E-state index in [9.17, 15) is 15.5 Å². The molecule has 0 bridgehead atoms. The molecule has 4 aromatic rings. The summed E-state index contributed by atoms with van der Waals surface area (Å²) in [5, 5.41) is 42.6. The monoisotopic (exact) mass is 447 g/mol. The molecule has 33 heavy (non-hydrogen) atoms. The van der Waals surface area contributed by atoms with E-state index in [0.717, 1.165) is 0 Å². The van der Waals surface area contributed by atoms with Gasteiger partial charge < -0.3 is 20.3 Å². The van der Waals surface area contributed by atoms with E-state index < -0.39 is 11.8 Å². The number of ether oxygens (including phenoxy) is 1. The van der Waals surface area contributed by atoms with Gasteiger partial charge in [0.1, 0.15) is 11.4 Å². The standard InChI is InChI=1S/C23H25N7O3/c1-4-33-19-7-6-15(11-24)10-16(19)20-18(13-29(28-20)14-23(2,3)32)27-22(31)17-12-26-30-9-5-8-25-21(17)30/h5-10,12-13,22,27,31-32H,4,14H2,1-3H3. The summed E-state index contributed by atoms with van der Waals surface area (Å²) >= 11 is 0. The van der Waals surface area contributed by atoms with E-state index in [1.54, 1.807) is 72.1 Å². The zero-order valence-electron chi connectivity index (χ0n) is 18.6. The summed E-state index contributed by atoms with van der Waals surface area (Å²) in [7, 11) is 0. The smallest absolute Gasteiger partial charge is 0.162 e. The quantitative estimate of drug-likeness (QED) is 0.351. The van der Waals surface area contributed by atoms with Gasteiger partial charge in [-0.05, 0) is 45.0 Å². The minimum atomic E-state index is -1.13. The van der Waals surface area contributed by atoms with Gasteiger partial charge in [-0.25, -0.2) is 9.50 Å². The molecule has 0 saturated carbocycles. The predicted octanol–water partition coefficient (Wildman–Crippen LogP) is 2.74. The van der Waals surface area contributed by atoms with Crippen molar-refractivity contribution >= 4 is 11.3 Å². The van der Waals surface area contributed by atoms with E-state index in [0.29, 0.717) is 46.1 Å². The van der Waals surface area contributed by atoms with Crippen molar-refractivity contribution < 1.29 is 14.9 Å². The molecule has 0 saturated heterocycles. The minimum absolute atomic E-state index is 0.220. The molecule has 1 unspecified atom stereocenters. The molecule has 3 heterocycles. The highest BCUT2D eigenvalue weighted by Gasteiger charge is 2.23. The van der Waals surface area contributed by atoms with Gasteiger partial charge in [0.05, 0.1) is 47.8 Å². The fourth-order valence-electron chi connectivity index (χ4n) is 3.53. The number of nitrogens with one attached hydrogen (secondary N) is 1. The van der Waals surface area contributed by atoms with E-state index in [1.165, 1.54) is 0 Å². The van der Waals surface area contributed by atoms with Crippen LogP contribution in [0.5, 0.6) is 5.75 Å². The molecule has 0 fully saturated rings. The molecule has 1 aromatic carbocycles. The summed E-state index contributed by atoms with van der Waals surface area (Å²) < 4.78 is 8.93. The van der Waals surface area contributed by atoms with Crippen molar-refractivity contribution in [2.45, 2.75) is 39.1 Å². The van der Waals surface area contributed by atoms with Crippen LogP contribution < -0.4 is 10.1 Å². The van der Waals surface area contributed by atoms with Crippen molar-refractivity contribution in [3.63, 3.8) is 0 Å². The van der Waals surface area contributed by atoms with E-state index in [1.807, 2.05) is 6.92 Å². The van der Waals surface area contributed by atoms with Crippen molar-refractivity contribution in [3.8, 4) is 23.1 Å². The molecule has 170 valence electrons. The lowest BCUT2D eigenvalue weighted by molar-refractivity contribution is 0.0578. The zero-order valence-corrected chi connectivity index (χ0v) is 18.6. The zero-order chi connectivity index (χ0) is 23.6.